The highest BCUT2D eigenvalue weighted by Crippen LogP contribution is 2.45. The third kappa shape index (κ3) is 3.33. The minimum atomic E-state index is -0.324. The van der Waals surface area contributed by atoms with Crippen LogP contribution < -0.4 is 4.74 Å². The maximum Gasteiger partial charge on any atom is 0.338 e. The number of rotatable bonds is 4. The first-order valence-electron chi connectivity index (χ1n) is 9.39. The van der Waals surface area contributed by atoms with E-state index < -0.39 is 0 Å². The van der Waals surface area contributed by atoms with Crippen LogP contribution >= 0.6 is 0 Å². The number of para-hydroxylation sites is 1. The number of benzene rings is 2. The van der Waals surface area contributed by atoms with Gasteiger partial charge in [-0.25, -0.2) is 4.79 Å². The number of allylic oxidation sites excluding steroid dienone is 1. The van der Waals surface area contributed by atoms with Crippen LogP contribution in [0.4, 0.5) is 0 Å². The lowest BCUT2D eigenvalue weighted by molar-refractivity contribution is 0.0505. The molecule has 1 fully saturated rings. The van der Waals surface area contributed by atoms with E-state index in [2.05, 4.69) is 6.07 Å². The second-order valence-corrected chi connectivity index (χ2v) is 6.97. The van der Waals surface area contributed by atoms with E-state index in [1.165, 1.54) is 0 Å². The summed E-state index contributed by atoms with van der Waals surface area (Å²) in [6.07, 6.45) is 2.88. The van der Waals surface area contributed by atoms with Gasteiger partial charge in [0.2, 0.25) is 0 Å². The Morgan fingerprint density at radius 1 is 1.22 bits per heavy atom. The molecule has 0 unspecified atom stereocenters. The Kier molecular flexibility index (Phi) is 4.68. The first-order valence-corrected chi connectivity index (χ1v) is 9.39. The van der Waals surface area contributed by atoms with E-state index >= 15 is 0 Å². The zero-order chi connectivity index (χ0) is 18.8. The molecule has 136 valence electrons. The molecule has 2 aromatic carbocycles. The van der Waals surface area contributed by atoms with E-state index in [9.17, 15) is 10.1 Å². The highest BCUT2D eigenvalue weighted by Gasteiger charge is 2.32. The predicted octanol–water partition coefficient (Wildman–Crippen LogP) is 4.88. The zero-order valence-electron chi connectivity index (χ0n) is 15.3. The van der Waals surface area contributed by atoms with Gasteiger partial charge >= 0.3 is 5.97 Å². The molecule has 1 heterocycles. The van der Waals surface area contributed by atoms with Crippen LogP contribution in [-0.2, 0) is 11.3 Å². The summed E-state index contributed by atoms with van der Waals surface area (Å²) < 4.78 is 11.3. The van der Waals surface area contributed by atoms with Crippen molar-refractivity contribution in [2.24, 2.45) is 5.92 Å². The third-order valence-corrected chi connectivity index (χ3v) is 4.96. The van der Waals surface area contributed by atoms with E-state index in [1.807, 2.05) is 43.3 Å². The van der Waals surface area contributed by atoms with Gasteiger partial charge in [-0.05, 0) is 54.5 Å². The van der Waals surface area contributed by atoms with Crippen LogP contribution in [0.2, 0.25) is 0 Å². The number of hydrogen-bond donors (Lipinski definition) is 0. The highest BCUT2D eigenvalue weighted by molar-refractivity contribution is 5.93. The van der Waals surface area contributed by atoms with E-state index in [0.717, 1.165) is 52.8 Å². The van der Waals surface area contributed by atoms with Gasteiger partial charge in [-0.2, -0.15) is 5.26 Å². The number of esters is 1. The number of carbonyl (C=O) groups excluding carboxylic acids is 1. The van der Waals surface area contributed by atoms with Crippen molar-refractivity contribution in [1.82, 2.24) is 0 Å². The second kappa shape index (κ2) is 7.28. The molecular weight excluding hydrogens is 338 g/mol. The van der Waals surface area contributed by atoms with Gasteiger partial charge in [-0.1, -0.05) is 31.2 Å². The maximum atomic E-state index is 12.3. The van der Waals surface area contributed by atoms with Gasteiger partial charge in [0.25, 0.3) is 0 Å². The quantitative estimate of drug-likeness (QED) is 0.576. The largest absolute Gasteiger partial charge is 0.488 e. The van der Waals surface area contributed by atoms with Crippen molar-refractivity contribution in [3.8, 4) is 11.8 Å². The Labute approximate surface area is 159 Å². The van der Waals surface area contributed by atoms with Crippen molar-refractivity contribution in [1.29, 1.82) is 5.26 Å². The standard InChI is InChI=1S/C23H21NO3/c1-2-11-26-23(25)16-9-10-18-17(12-16)14-27-21-6-4-3-5-19(21)22(18)20(13-24)15-7-8-15/h3-6,9-10,12,15H,2,7-8,11,14H2,1H3/b22-20-. The molecule has 27 heavy (non-hydrogen) atoms. The Hall–Kier alpha value is -3.06. The number of carbonyl (C=O) groups is 1. The fourth-order valence-corrected chi connectivity index (χ4v) is 3.48. The van der Waals surface area contributed by atoms with Crippen molar-refractivity contribution < 1.29 is 14.3 Å². The van der Waals surface area contributed by atoms with Gasteiger partial charge in [0, 0.05) is 16.7 Å². The van der Waals surface area contributed by atoms with Crippen molar-refractivity contribution >= 4 is 11.5 Å². The molecule has 0 aromatic heterocycles. The topological polar surface area (TPSA) is 59.3 Å². The van der Waals surface area contributed by atoms with Gasteiger partial charge in [-0.3, -0.25) is 0 Å². The summed E-state index contributed by atoms with van der Waals surface area (Å²) in [5, 5.41) is 9.85. The van der Waals surface area contributed by atoms with Gasteiger partial charge < -0.3 is 9.47 Å². The van der Waals surface area contributed by atoms with Crippen molar-refractivity contribution in [2.75, 3.05) is 6.61 Å². The third-order valence-electron chi connectivity index (χ3n) is 4.96. The molecular formula is C23H21NO3. The van der Waals surface area contributed by atoms with Crippen LogP contribution in [0.25, 0.3) is 5.57 Å². The molecule has 0 saturated heterocycles. The van der Waals surface area contributed by atoms with Gasteiger partial charge in [0.05, 0.1) is 18.2 Å². The number of nitrogens with zero attached hydrogens (tertiary/aromatic N) is 1. The average Bonchev–Trinajstić information content (AvgIpc) is 3.54. The molecule has 0 atom stereocenters. The lowest BCUT2D eigenvalue weighted by Crippen LogP contribution is -2.08. The molecule has 1 aliphatic heterocycles. The first-order chi connectivity index (χ1) is 13.2. The SMILES string of the molecule is CCCOC(=O)c1ccc2c(c1)COc1ccccc1/C2=C(/C#N)C1CC1. The summed E-state index contributed by atoms with van der Waals surface area (Å²) in [6.45, 7) is 2.73. The van der Waals surface area contributed by atoms with E-state index in [0.29, 0.717) is 24.7 Å². The van der Waals surface area contributed by atoms with Gasteiger partial charge in [0.15, 0.2) is 0 Å². The molecule has 1 saturated carbocycles. The fraction of sp³-hybridized carbons (Fsp3) is 0.304. The Morgan fingerprint density at radius 2 is 2.04 bits per heavy atom. The molecule has 2 aliphatic rings. The van der Waals surface area contributed by atoms with Gasteiger partial charge in [0.1, 0.15) is 12.4 Å². The minimum absolute atomic E-state index is 0.318. The van der Waals surface area contributed by atoms with Crippen LogP contribution in [-0.4, -0.2) is 12.6 Å². The molecule has 2 aromatic rings. The van der Waals surface area contributed by atoms with Crippen LogP contribution in [0.15, 0.2) is 48.0 Å². The van der Waals surface area contributed by atoms with Crippen LogP contribution in [0.3, 0.4) is 0 Å². The lowest BCUT2D eigenvalue weighted by Gasteiger charge is -2.13. The Bertz CT molecular complexity index is 964. The van der Waals surface area contributed by atoms with Crippen molar-refractivity contribution in [3.63, 3.8) is 0 Å². The Balaban J connectivity index is 1.85. The summed E-state index contributed by atoms with van der Waals surface area (Å²) >= 11 is 0. The summed E-state index contributed by atoms with van der Waals surface area (Å²) in [5.41, 5.74) is 5.09. The average molecular weight is 359 g/mol. The molecule has 0 amide bonds. The molecule has 0 spiro atoms. The Morgan fingerprint density at radius 3 is 2.78 bits per heavy atom. The van der Waals surface area contributed by atoms with Gasteiger partial charge in [-0.15, -0.1) is 0 Å². The van der Waals surface area contributed by atoms with E-state index in [-0.39, 0.29) is 5.97 Å². The van der Waals surface area contributed by atoms with Crippen LogP contribution in [0, 0.1) is 17.2 Å². The molecule has 0 N–H and O–H groups in total. The number of ether oxygens (including phenoxy) is 2. The molecule has 4 nitrogen and oxygen atoms in total. The predicted molar refractivity (Wildman–Crippen MR) is 102 cm³/mol. The molecule has 4 heteroatoms. The second-order valence-electron chi connectivity index (χ2n) is 6.97. The molecule has 0 radical (unpaired) electrons. The summed E-state index contributed by atoms with van der Waals surface area (Å²) in [6, 6.07) is 15.8. The molecule has 4 rings (SSSR count). The van der Waals surface area contributed by atoms with Crippen molar-refractivity contribution in [3.05, 3.63) is 70.3 Å². The summed E-state index contributed by atoms with van der Waals surface area (Å²) in [5.74, 6) is 0.764. The monoisotopic (exact) mass is 359 g/mol. The number of hydrogen-bond acceptors (Lipinski definition) is 4. The normalized spacial score (nSPS) is 16.9. The number of nitriles is 1. The van der Waals surface area contributed by atoms with E-state index in [1.54, 1.807) is 6.07 Å². The summed E-state index contributed by atoms with van der Waals surface area (Å²) in [4.78, 5) is 12.3. The maximum absolute atomic E-state index is 12.3. The first kappa shape index (κ1) is 17.4. The van der Waals surface area contributed by atoms with Crippen LogP contribution in [0.5, 0.6) is 5.75 Å². The fourth-order valence-electron chi connectivity index (χ4n) is 3.48. The lowest BCUT2D eigenvalue weighted by atomic mass is 9.88. The highest BCUT2D eigenvalue weighted by atomic mass is 16.5. The van der Waals surface area contributed by atoms with Crippen molar-refractivity contribution in [2.45, 2.75) is 32.8 Å². The van der Waals surface area contributed by atoms with E-state index in [4.69, 9.17) is 9.47 Å². The minimum Gasteiger partial charge on any atom is -0.488 e. The smallest absolute Gasteiger partial charge is 0.338 e. The summed E-state index contributed by atoms with van der Waals surface area (Å²) in [7, 11) is 0. The zero-order valence-corrected chi connectivity index (χ0v) is 15.3. The molecule has 1 aliphatic carbocycles. The van der Waals surface area contributed by atoms with Crippen LogP contribution in [0.1, 0.15) is 53.2 Å². The molecule has 0 bridgehead atoms. The number of fused-ring (bicyclic) bond motifs is 2.